The fourth-order valence-corrected chi connectivity index (χ4v) is 2.40. The van der Waals surface area contributed by atoms with Gasteiger partial charge in [0.05, 0.1) is 5.60 Å². The molecule has 5 nitrogen and oxygen atoms in total. The number of amidine groups is 1. The number of rotatable bonds is 2. The molecule has 0 amide bonds. The van der Waals surface area contributed by atoms with Gasteiger partial charge in [0, 0.05) is 24.3 Å². The van der Waals surface area contributed by atoms with Gasteiger partial charge >= 0.3 is 0 Å². The first kappa shape index (κ1) is 13.7. The Bertz CT molecular complexity index is 487. The van der Waals surface area contributed by atoms with E-state index in [1.807, 2.05) is 32.0 Å². The van der Waals surface area contributed by atoms with Gasteiger partial charge in [-0.1, -0.05) is 11.2 Å². The summed E-state index contributed by atoms with van der Waals surface area (Å²) >= 11 is 0. The van der Waals surface area contributed by atoms with Crippen LogP contribution in [-0.2, 0) is 0 Å². The smallest absolute Gasteiger partial charge is 0.172 e. The molecule has 0 radical (unpaired) electrons. The van der Waals surface area contributed by atoms with Crippen LogP contribution in [0.1, 0.15) is 30.9 Å². The Morgan fingerprint density at radius 3 is 2.58 bits per heavy atom. The predicted molar refractivity (Wildman–Crippen MR) is 75.8 cm³/mol. The molecule has 1 heterocycles. The highest BCUT2D eigenvalue weighted by Gasteiger charge is 2.28. The molecule has 2 rings (SSSR count). The zero-order valence-electron chi connectivity index (χ0n) is 11.4. The van der Waals surface area contributed by atoms with Crippen LogP contribution in [-0.4, -0.2) is 34.8 Å². The van der Waals surface area contributed by atoms with Crippen molar-refractivity contribution in [3.8, 4) is 0 Å². The maximum Gasteiger partial charge on any atom is 0.172 e. The van der Waals surface area contributed by atoms with Gasteiger partial charge in [0.25, 0.3) is 0 Å². The van der Waals surface area contributed by atoms with E-state index in [4.69, 9.17) is 10.9 Å². The number of aliphatic hydroxyl groups is 1. The summed E-state index contributed by atoms with van der Waals surface area (Å²) in [5.74, 6) is 0.118. The molecular formula is C14H21N3O2. The largest absolute Gasteiger partial charge is 0.409 e. The zero-order valence-corrected chi connectivity index (χ0v) is 11.4. The Hall–Kier alpha value is -1.75. The van der Waals surface area contributed by atoms with Crippen molar-refractivity contribution >= 4 is 11.5 Å². The first-order chi connectivity index (χ1) is 8.93. The van der Waals surface area contributed by atoms with E-state index in [1.54, 1.807) is 0 Å². The summed E-state index contributed by atoms with van der Waals surface area (Å²) in [6, 6.07) is 5.84. The lowest BCUT2D eigenvalue weighted by molar-refractivity contribution is 0.0351. The number of hydrogen-bond acceptors (Lipinski definition) is 4. The van der Waals surface area contributed by atoms with E-state index >= 15 is 0 Å². The maximum absolute atomic E-state index is 10.0. The van der Waals surface area contributed by atoms with Gasteiger partial charge in [0.2, 0.25) is 0 Å². The van der Waals surface area contributed by atoms with Gasteiger partial charge in [0.1, 0.15) is 0 Å². The van der Waals surface area contributed by atoms with Crippen molar-refractivity contribution in [2.45, 2.75) is 32.3 Å². The molecule has 0 aromatic heterocycles. The van der Waals surface area contributed by atoms with Crippen LogP contribution in [0.2, 0.25) is 0 Å². The van der Waals surface area contributed by atoms with Crippen LogP contribution in [0, 0.1) is 6.92 Å². The van der Waals surface area contributed by atoms with Crippen LogP contribution in [0.15, 0.2) is 23.4 Å². The molecule has 0 spiro atoms. The molecule has 4 N–H and O–H groups in total. The molecule has 0 bridgehead atoms. The third-order valence-corrected chi connectivity index (χ3v) is 3.72. The quantitative estimate of drug-likeness (QED) is 0.326. The lowest BCUT2D eigenvalue weighted by Crippen LogP contribution is -2.43. The van der Waals surface area contributed by atoms with Crippen molar-refractivity contribution < 1.29 is 10.3 Å². The fraction of sp³-hybridized carbons (Fsp3) is 0.500. The monoisotopic (exact) mass is 263 g/mol. The molecule has 0 unspecified atom stereocenters. The van der Waals surface area contributed by atoms with Crippen LogP contribution >= 0.6 is 0 Å². The van der Waals surface area contributed by atoms with Gasteiger partial charge in [-0.15, -0.1) is 0 Å². The molecule has 0 atom stereocenters. The molecule has 1 fully saturated rings. The van der Waals surface area contributed by atoms with E-state index < -0.39 is 5.60 Å². The minimum Gasteiger partial charge on any atom is -0.409 e. The normalized spacial score (nSPS) is 19.5. The molecule has 1 aliphatic heterocycles. The Kier molecular flexibility index (Phi) is 3.66. The molecule has 1 aliphatic rings. The minimum atomic E-state index is -0.586. The highest BCUT2D eigenvalue weighted by molar-refractivity contribution is 6.02. The van der Waals surface area contributed by atoms with Crippen molar-refractivity contribution in [3.63, 3.8) is 0 Å². The molecule has 1 aromatic carbocycles. The summed E-state index contributed by atoms with van der Waals surface area (Å²) in [5, 5.41) is 22.0. The van der Waals surface area contributed by atoms with Crippen LogP contribution in [0.5, 0.6) is 0 Å². The second-order valence-corrected chi connectivity index (χ2v) is 5.49. The van der Waals surface area contributed by atoms with Crippen LogP contribution in [0.25, 0.3) is 0 Å². The summed E-state index contributed by atoms with van der Waals surface area (Å²) in [6.45, 7) is 5.41. The first-order valence-corrected chi connectivity index (χ1v) is 6.49. The van der Waals surface area contributed by atoms with E-state index in [9.17, 15) is 5.11 Å². The number of aryl methyl sites for hydroxylation is 1. The molecule has 19 heavy (non-hydrogen) atoms. The van der Waals surface area contributed by atoms with Gasteiger partial charge < -0.3 is 20.9 Å². The number of anilines is 1. The van der Waals surface area contributed by atoms with Crippen molar-refractivity contribution in [1.29, 1.82) is 0 Å². The third kappa shape index (κ3) is 2.98. The Labute approximate surface area is 113 Å². The summed E-state index contributed by atoms with van der Waals surface area (Å²) in [6.07, 6.45) is 1.44. The van der Waals surface area contributed by atoms with Crippen molar-refractivity contribution in [1.82, 2.24) is 0 Å². The van der Waals surface area contributed by atoms with Crippen molar-refractivity contribution in [2.75, 3.05) is 18.0 Å². The molecule has 1 aromatic rings. The van der Waals surface area contributed by atoms with Crippen LogP contribution in [0.4, 0.5) is 5.69 Å². The molecular weight excluding hydrogens is 242 g/mol. The second-order valence-electron chi connectivity index (χ2n) is 5.49. The SMILES string of the molecule is Cc1ccc(/C(N)=N/O)c(N2CCC(C)(O)CC2)c1. The minimum absolute atomic E-state index is 0.118. The molecule has 5 heteroatoms. The van der Waals surface area contributed by atoms with Crippen molar-refractivity contribution in [3.05, 3.63) is 29.3 Å². The highest BCUT2D eigenvalue weighted by Crippen LogP contribution is 2.29. The molecule has 0 saturated carbocycles. The maximum atomic E-state index is 10.0. The van der Waals surface area contributed by atoms with Gasteiger partial charge in [-0.3, -0.25) is 0 Å². The molecule has 1 saturated heterocycles. The Balaban J connectivity index is 2.31. The number of piperidine rings is 1. The lowest BCUT2D eigenvalue weighted by Gasteiger charge is -2.38. The van der Waals surface area contributed by atoms with Gasteiger partial charge in [0.15, 0.2) is 5.84 Å². The summed E-state index contributed by atoms with van der Waals surface area (Å²) < 4.78 is 0. The van der Waals surface area contributed by atoms with E-state index in [2.05, 4.69) is 10.1 Å². The van der Waals surface area contributed by atoms with E-state index in [0.717, 1.165) is 42.7 Å². The van der Waals surface area contributed by atoms with Gasteiger partial charge in [-0.05, 0) is 44.4 Å². The van der Waals surface area contributed by atoms with Crippen LogP contribution in [0.3, 0.4) is 0 Å². The van der Waals surface area contributed by atoms with Gasteiger partial charge in [-0.2, -0.15) is 0 Å². The average molecular weight is 263 g/mol. The number of oxime groups is 1. The lowest BCUT2D eigenvalue weighted by atomic mass is 9.93. The molecule has 0 aliphatic carbocycles. The topological polar surface area (TPSA) is 82.1 Å². The van der Waals surface area contributed by atoms with Gasteiger partial charge in [-0.25, -0.2) is 0 Å². The summed E-state index contributed by atoms with van der Waals surface area (Å²) in [4.78, 5) is 2.18. The fourth-order valence-electron chi connectivity index (χ4n) is 2.40. The number of hydrogen-bond donors (Lipinski definition) is 3. The first-order valence-electron chi connectivity index (χ1n) is 6.49. The zero-order chi connectivity index (χ0) is 14.0. The number of nitrogens with two attached hydrogens (primary N) is 1. The van der Waals surface area contributed by atoms with E-state index in [-0.39, 0.29) is 5.84 Å². The number of nitrogens with zero attached hydrogens (tertiary/aromatic N) is 2. The third-order valence-electron chi connectivity index (χ3n) is 3.72. The highest BCUT2D eigenvalue weighted by atomic mass is 16.4. The summed E-state index contributed by atoms with van der Waals surface area (Å²) in [7, 11) is 0. The predicted octanol–water partition coefficient (Wildman–Crippen LogP) is 1.44. The van der Waals surface area contributed by atoms with E-state index in [0.29, 0.717) is 0 Å². The number of benzene rings is 1. The summed E-state index contributed by atoms with van der Waals surface area (Å²) in [5.41, 5.74) is 7.96. The average Bonchev–Trinajstić information content (AvgIpc) is 2.38. The van der Waals surface area contributed by atoms with Crippen LogP contribution < -0.4 is 10.6 Å². The standard InChI is InChI=1S/C14H21N3O2/c1-10-3-4-11(13(15)16-19)12(9-10)17-7-5-14(2,18)6-8-17/h3-4,9,18-19H,5-8H2,1-2H3,(H2,15,16). The Morgan fingerprint density at radius 2 is 2.00 bits per heavy atom. The van der Waals surface area contributed by atoms with E-state index in [1.165, 1.54) is 0 Å². The Morgan fingerprint density at radius 1 is 1.37 bits per heavy atom. The second kappa shape index (κ2) is 5.09. The molecule has 104 valence electrons. The van der Waals surface area contributed by atoms with Crippen molar-refractivity contribution in [2.24, 2.45) is 10.9 Å².